The van der Waals surface area contributed by atoms with Gasteiger partial charge in [0.15, 0.2) is 0 Å². The second-order valence-corrected chi connectivity index (χ2v) is 6.14. The fourth-order valence-corrected chi connectivity index (χ4v) is 2.46. The summed E-state index contributed by atoms with van der Waals surface area (Å²) in [5, 5.41) is 2.88. The number of amides is 2. The van der Waals surface area contributed by atoms with Crippen molar-refractivity contribution in [3.8, 4) is 0 Å². The number of rotatable bonds is 4. The molecule has 0 unspecified atom stereocenters. The standard InChI is InChI=1S/C17H24N2O3/c1-13-6-4-5-7-14(13)12-18-15(20)17(2,3)16(21)19-8-10-22-11-9-19/h4-7H,8-12H2,1-3H3,(H,18,20). The zero-order valence-electron chi connectivity index (χ0n) is 13.5. The summed E-state index contributed by atoms with van der Waals surface area (Å²) in [6.45, 7) is 7.97. The molecular formula is C17H24N2O3. The summed E-state index contributed by atoms with van der Waals surface area (Å²) in [5.41, 5.74) is 1.12. The minimum absolute atomic E-state index is 0.141. The molecule has 1 saturated heterocycles. The van der Waals surface area contributed by atoms with E-state index in [2.05, 4.69) is 5.32 Å². The number of hydrogen-bond donors (Lipinski definition) is 1. The van der Waals surface area contributed by atoms with Crippen LogP contribution >= 0.6 is 0 Å². The number of carbonyl (C=O) groups is 2. The molecule has 1 aliphatic rings. The second-order valence-electron chi connectivity index (χ2n) is 6.14. The van der Waals surface area contributed by atoms with E-state index in [1.807, 2.05) is 31.2 Å². The lowest BCUT2D eigenvalue weighted by Gasteiger charge is -2.33. The van der Waals surface area contributed by atoms with Gasteiger partial charge >= 0.3 is 0 Å². The molecule has 2 rings (SSSR count). The highest BCUT2D eigenvalue weighted by atomic mass is 16.5. The molecule has 1 N–H and O–H groups in total. The van der Waals surface area contributed by atoms with Crippen LogP contribution in [0.15, 0.2) is 24.3 Å². The summed E-state index contributed by atoms with van der Waals surface area (Å²) in [5.74, 6) is -0.384. The van der Waals surface area contributed by atoms with Gasteiger partial charge in [-0.3, -0.25) is 9.59 Å². The van der Waals surface area contributed by atoms with Gasteiger partial charge in [-0.1, -0.05) is 24.3 Å². The molecule has 0 atom stereocenters. The Morgan fingerprint density at radius 2 is 1.86 bits per heavy atom. The first-order valence-electron chi connectivity index (χ1n) is 7.63. The third-order valence-electron chi connectivity index (χ3n) is 4.10. The van der Waals surface area contributed by atoms with Gasteiger partial charge in [0.25, 0.3) is 0 Å². The van der Waals surface area contributed by atoms with E-state index in [-0.39, 0.29) is 11.8 Å². The molecule has 22 heavy (non-hydrogen) atoms. The van der Waals surface area contributed by atoms with Crippen molar-refractivity contribution in [2.24, 2.45) is 5.41 Å². The Morgan fingerprint density at radius 3 is 2.50 bits per heavy atom. The second kappa shape index (κ2) is 6.92. The van der Waals surface area contributed by atoms with Crippen LogP contribution in [0.3, 0.4) is 0 Å². The van der Waals surface area contributed by atoms with Crippen molar-refractivity contribution in [1.82, 2.24) is 10.2 Å². The molecule has 0 saturated carbocycles. The van der Waals surface area contributed by atoms with E-state index in [0.29, 0.717) is 32.8 Å². The Hall–Kier alpha value is -1.88. The van der Waals surface area contributed by atoms with Crippen LogP contribution in [0.25, 0.3) is 0 Å². The van der Waals surface area contributed by atoms with Crippen LogP contribution in [0.1, 0.15) is 25.0 Å². The highest BCUT2D eigenvalue weighted by Crippen LogP contribution is 2.20. The monoisotopic (exact) mass is 304 g/mol. The average Bonchev–Trinajstić information content (AvgIpc) is 2.53. The molecule has 5 nitrogen and oxygen atoms in total. The highest BCUT2D eigenvalue weighted by Gasteiger charge is 2.39. The molecule has 0 aromatic heterocycles. The van der Waals surface area contributed by atoms with Crippen LogP contribution in [0.2, 0.25) is 0 Å². The van der Waals surface area contributed by atoms with Crippen LogP contribution < -0.4 is 5.32 Å². The molecule has 2 amide bonds. The van der Waals surface area contributed by atoms with Gasteiger partial charge in [-0.05, 0) is 31.9 Å². The number of benzene rings is 1. The summed E-state index contributed by atoms with van der Waals surface area (Å²) in [7, 11) is 0. The topological polar surface area (TPSA) is 58.6 Å². The van der Waals surface area contributed by atoms with Crippen molar-refractivity contribution in [3.63, 3.8) is 0 Å². The number of aryl methyl sites for hydroxylation is 1. The smallest absolute Gasteiger partial charge is 0.237 e. The minimum atomic E-state index is -1.07. The van der Waals surface area contributed by atoms with Crippen molar-refractivity contribution in [2.45, 2.75) is 27.3 Å². The fraction of sp³-hybridized carbons (Fsp3) is 0.529. The van der Waals surface area contributed by atoms with Crippen molar-refractivity contribution in [1.29, 1.82) is 0 Å². The first kappa shape index (κ1) is 16.5. The Bertz CT molecular complexity index is 549. The Balaban J connectivity index is 1.97. The number of ether oxygens (including phenoxy) is 1. The van der Waals surface area contributed by atoms with Gasteiger partial charge in [0.05, 0.1) is 13.2 Å². The maximum Gasteiger partial charge on any atom is 0.237 e. The van der Waals surface area contributed by atoms with Gasteiger partial charge in [-0.2, -0.15) is 0 Å². The number of morpholine rings is 1. The van der Waals surface area contributed by atoms with Crippen LogP contribution in [0.4, 0.5) is 0 Å². The Morgan fingerprint density at radius 1 is 1.23 bits per heavy atom. The van der Waals surface area contributed by atoms with E-state index in [9.17, 15) is 9.59 Å². The number of nitrogens with zero attached hydrogens (tertiary/aromatic N) is 1. The van der Waals surface area contributed by atoms with Gasteiger partial charge < -0.3 is 15.0 Å². The van der Waals surface area contributed by atoms with E-state index in [1.165, 1.54) is 0 Å². The molecule has 1 aliphatic heterocycles. The van der Waals surface area contributed by atoms with E-state index in [1.54, 1.807) is 18.7 Å². The summed E-state index contributed by atoms with van der Waals surface area (Å²) in [6, 6.07) is 7.89. The lowest BCUT2D eigenvalue weighted by atomic mass is 9.90. The zero-order chi connectivity index (χ0) is 16.2. The Labute approximate surface area is 131 Å². The van der Waals surface area contributed by atoms with E-state index < -0.39 is 5.41 Å². The zero-order valence-corrected chi connectivity index (χ0v) is 13.5. The third-order valence-corrected chi connectivity index (χ3v) is 4.10. The molecule has 5 heteroatoms. The van der Waals surface area contributed by atoms with Crippen molar-refractivity contribution >= 4 is 11.8 Å². The van der Waals surface area contributed by atoms with Gasteiger partial charge in [0, 0.05) is 19.6 Å². The molecule has 0 spiro atoms. The Kier molecular flexibility index (Phi) is 5.19. The molecule has 1 heterocycles. The highest BCUT2D eigenvalue weighted by molar-refractivity contribution is 6.04. The maximum atomic E-state index is 12.5. The quantitative estimate of drug-likeness (QED) is 0.858. The molecule has 1 aromatic carbocycles. The van der Waals surface area contributed by atoms with E-state index in [0.717, 1.165) is 11.1 Å². The van der Waals surface area contributed by atoms with E-state index in [4.69, 9.17) is 4.74 Å². The predicted molar refractivity (Wildman–Crippen MR) is 84.2 cm³/mol. The first-order chi connectivity index (χ1) is 10.4. The fourth-order valence-electron chi connectivity index (χ4n) is 2.46. The molecule has 0 aliphatic carbocycles. The van der Waals surface area contributed by atoms with Crippen LogP contribution in [-0.2, 0) is 20.9 Å². The SMILES string of the molecule is Cc1ccccc1CNC(=O)C(C)(C)C(=O)N1CCOCC1. The summed E-state index contributed by atoms with van der Waals surface area (Å²) >= 11 is 0. The normalized spacial score (nSPS) is 15.5. The van der Waals surface area contributed by atoms with E-state index >= 15 is 0 Å². The van der Waals surface area contributed by atoms with Gasteiger partial charge in [-0.15, -0.1) is 0 Å². The predicted octanol–water partition coefficient (Wildman–Crippen LogP) is 1.50. The molecule has 0 radical (unpaired) electrons. The molecule has 1 aromatic rings. The molecule has 0 bridgehead atoms. The molecular weight excluding hydrogens is 280 g/mol. The molecule has 120 valence electrons. The van der Waals surface area contributed by atoms with Gasteiger partial charge in [0.1, 0.15) is 5.41 Å². The summed E-state index contributed by atoms with van der Waals surface area (Å²) in [6.07, 6.45) is 0. The average molecular weight is 304 g/mol. The van der Waals surface area contributed by atoms with Gasteiger partial charge in [-0.25, -0.2) is 0 Å². The summed E-state index contributed by atoms with van der Waals surface area (Å²) in [4.78, 5) is 26.7. The van der Waals surface area contributed by atoms with Crippen LogP contribution in [0, 0.1) is 12.3 Å². The largest absolute Gasteiger partial charge is 0.378 e. The lowest BCUT2D eigenvalue weighted by molar-refractivity contribution is -0.151. The number of carbonyl (C=O) groups excluding carboxylic acids is 2. The number of hydrogen-bond acceptors (Lipinski definition) is 3. The van der Waals surface area contributed by atoms with Gasteiger partial charge in [0.2, 0.25) is 11.8 Å². The summed E-state index contributed by atoms with van der Waals surface area (Å²) < 4.78 is 5.25. The van der Waals surface area contributed by atoms with Crippen molar-refractivity contribution in [2.75, 3.05) is 26.3 Å². The van der Waals surface area contributed by atoms with Crippen LogP contribution in [-0.4, -0.2) is 43.0 Å². The minimum Gasteiger partial charge on any atom is -0.378 e. The third kappa shape index (κ3) is 3.65. The molecule has 1 fully saturated rings. The maximum absolute atomic E-state index is 12.5. The van der Waals surface area contributed by atoms with Crippen LogP contribution in [0.5, 0.6) is 0 Å². The first-order valence-corrected chi connectivity index (χ1v) is 7.63. The lowest BCUT2D eigenvalue weighted by Crippen LogP contribution is -2.52. The van der Waals surface area contributed by atoms with Crippen molar-refractivity contribution in [3.05, 3.63) is 35.4 Å². The van der Waals surface area contributed by atoms with Crippen molar-refractivity contribution < 1.29 is 14.3 Å². The number of nitrogens with one attached hydrogen (secondary N) is 1.